The summed E-state index contributed by atoms with van der Waals surface area (Å²) in [4.78, 5) is 3.72. The van der Waals surface area contributed by atoms with Gasteiger partial charge in [0, 0.05) is 17.5 Å². The molecule has 0 aliphatic carbocycles. The van der Waals surface area contributed by atoms with Crippen LogP contribution in [0, 0.1) is 0 Å². The Kier molecular flexibility index (Phi) is 3.67. The van der Waals surface area contributed by atoms with Crippen LogP contribution < -0.4 is 0 Å². The van der Waals surface area contributed by atoms with Crippen LogP contribution in [-0.2, 0) is 6.42 Å². The van der Waals surface area contributed by atoms with Crippen molar-refractivity contribution in [3.63, 3.8) is 0 Å². The molecule has 1 aliphatic heterocycles. The lowest BCUT2D eigenvalue weighted by atomic mass is 9.83. The van der Waals surface area contributed by atoms with Gasteiger partial charge in [-0.05, 0) is 51.1 Å². The lowest BCUT2D eigenvalue weighted by Crippen LogP contribution is -2.47. The molecule has 0 amide bonds. The molecule has 1 N–H and O–H groups in total. The monoisotopic (exact) mass is 239 g/mol. The summed E-state index contributed by atoms with van der Waals surface area (Å²) in [6, 6.07) is 4.75. The Morgan fingerprint density at radius 1 is 1.62 bits per heavy atom. The molecular formula is C13H21NOS. The number of aryl methyl sites for hydroxylation is 1. The molecule has 1 aliphatic rings. The van der Waals surface area contributed by atoms with Gasteiger partial charge in [0.25, 0.3) is 0 Å². The largest absolute Gasteiger partial charge is 0.390 e. The SMILES string of the molecule is CC1CC(O)(CCc2cccs2)CCN1C. The van der Waals surface area contributed by atoms with Crippen LogP contribution in [-0.4, -0.2) is 35.2 Å². The van der Waals surface area contributed by atoms with Crippen molar-refractivity contribution in [3.8, 4) is 0 Å². The zero-order valence-electron chi connectivity index (χ0n) is 10.1. The van der Waals surface area contributed by atoms with Crippen LogP contribution in [0.2, 0.25) is 0 Å². The van der Waals surface area contributed by atoms with Gasteiger partial charge in [-0.1, -0.05) is 6.07 Å². The van der Waals surface area contributed by atoms with Crippen molar-refractivity contribution >= 4 is 11.3 Å². The predicted molar refractivity (Wildman–Crippen MR) is 68.9 cm³/mol. The second kappa shape index (κ2) is 4.86. The first-order chi connectivity index (χ1) is 7.59. The first-order valence-corrected chi connectivity index (χ1v) is 6.92. The fourth-order valence-corrected chi connectivity index (χ4v) is 3.16. The molecule has 1 saturated heterocycles. The molecule has 2 rings (SSSR count). The summed E-state index contributed by atoms with van der Waals surface area (Å²) in [7, 11) is 2.14. The van der Waals surface area contributed by atoms with E-state index >= 15 is 0 Å². The molecule has 16 heavy (non-hydrogen) atoms. The predicted octanol–water partition coefficient (Wildman–Crippen LogP) is 2.53. The molecule has 0 radical (unpaired) electrons. The van der Waals surface area contributed by atoms with Crippen molar-refractivity contribution in [3.05, 3.63) is 22.4 Å². The highest BCUT2D eigenvalue weighted by Gasteiger charge is 2.34. The van der Waals surface area contributed by atoms with Crippen molar-refractivity contribution in [1.29, 1.82) is 0 Å². The number of hydrogen-bond donors (Lipinski definition) is 1. The Labute approximate surface area is 102 Å². The maximum Gasteiger partial charge on any atom is 0.0678 e. The smallest absolute Gasteiger partial charge is 0.0678 e. The first kappa shape index (κ1) is 12.1. The van der Waals surface area contributed by atoms with E-state index < -0.39 is 5.60 Å². The van der Waals surface area contributed by atoms with E-state index in [1.165, 1.54) is 4.88 Å². The Hall–Kier alpha value is -0.380. The van der Waals surface area contributed by atoms with Crippen molar-refractivity contribution in [2.45, 2.75) is 44.2 Å². The minimum atomic E-state index is -0.435. The van der Waals surface area contributed by atoms with Crippen LogP contribution in [0.25, 0.3) is 0 Å². The standard InChI is InChI=1S/C13H21NOS/c1-11-10-13(15,7-8-14(11)2)6-5-12-4-3-9-16-12/h3-4,9,11,15H,5-8,10H2,1-2H3. The molecule has 1 aromatic rings. The van der Waals surface area contributed by atoms with Crippen molar-refractivity contribution in [2.24, 2.45) is 0 Å². The second-order valence-corrected chi connectivity index (χ2v) is 6.12. The van der Waals surface area contributed by atoms with Crippen molar-refractivity contribution in [2.75, 3.05) is 13.6 Å². The lowest BCUT2D eigenvalue weighted by molar-refractivity contribution is -0.0414. The summed E-state index contributed by atoms with van der Waals surface area (Å²) in [6.07, 6.45) is 3.75. The van der Waals surface area contributed by atoms with E-state index in [-0.39, 0.29) is 0 Å². The summed E-state index contributed by atoms with van der Waals surface area (Å²) in [5, 5.41) is 12.6. The minimum Gasteiger partial charge on any atom is -0.390 e. The molecule has 1 aromatic heterocycles. The molecule has 2 atom stereocenters. The number of hydrogen-bond acceptors (Lipinski definition) is 3. The van der Waals surface area contributed by atoms with Gasteiger partial charge in [0.05, 0.1) is 5.60 Å². The van der Waals surface area contributed by atoms with Gasteiger partial charge in [0.15, 0.2) is 0 Å². The van der Waals surface area contributed by atoms with Gasteiger partial charge in [-0.25, -0.2) is 0 Å². The summed E-state index contributed by atoms with van der Waals surface area (Å²) < 4.78 is 0. The zero-order valence-corrected chi connectivity index (χ0v) is 11.0. The van der Waals surface area contributed by atoms with Crippen LogP contribution >= 0.6 is 11.3 Å². The highest BCUT2D eigenvalue weighted by Crippen LogP contribution is 2.30. The zero-order chi connectivity index (χ0) is 11.6. The summed E-state index contributed by atoms with van der Waals surface area (Å²) >= 11 is 1.79. The number of aliphatic hydroxyl groups is 1. The van der Waals surface area contributed by atoms with E-state index in [9.17, 15) is 5.11 Å². The van der Waals surface area contributed by atoms with Crippen molar-refractivity contribution < 1.29 is 5.11 Å². The Bertz CT molecular complexity index is 325. The Morgan fingerprint density at radius 3 is 3.06 bits per heavy atom. The van der Waals surface area contributed by atoms with Gasteiger partial charge in [0.1, 0.15) is 0 Å². The van der Waals surface area contributed by atoms with Gasteiger partial charge in [-0.3, -0.25) is 0 Å². The maximum absolute atomic E-state index is 10.5. The molecule has 0 saturated carbocycles. The molecule has 3 heteroatoms. The fourth-order valence-electron chi connectivity index (χ4n) is 2.45. The minimum absolute atomic E-state index is 0.435. The third kappa shape index (κ3) is 2.84. The van der Waals surface area contributed by atoms with E-state index in [0.717, 1.165) is 32.2 Å². The Morgan fingerprint density at radius 2 is 2.44 bits per heavy atom. The van der Waals surface area contributed by atoms with E-state index in [2.05, 4.69) is 36.4 Å². The number of thiophene rings is 1. The topological polar surface area (TPSA) is 23.5 Å². The molecule has 2 unspecified atom stereocenters. The number of rotatable bonds is 3. The van der Waals surface area contributed by atoms with E-state index in [4.69, 9.17) is 0 Å². The van der Waals surface area contributed by atoms with Crippen LogP contribution in [0.15, 0.2) is 17.5 Å². The summed E-state index contributed by atoms with van der Waals surface area (Å²) in [5.74, 6) is 0. The van der Waals surface area contributed by atoms with Gasteiger partial charge >= 0.3 is 0 Å². The average Bonchev–Trinajstić information content (AvgIpc) is 2.75. The number of nitrogens with zero attached hydrogens (tertiary/aromatic N) is 1. The van der Waals surface area contributed by atoms with Gasteiger partial charge in [-0.15, -0.1) is 11.3 Å². The van der Waals surface area contributed by atoms with Gasteiger partial charge < -0.3 is 10.0 Å². The van der Waals surface area contributed by atoms with E-state index in [1.54, 1.807) is 11.3 Å². The first-order valence-electron chi connectivity index (χ1n) is 6.04. The lowest BCUT2D eigenvalue weighted by Gasteiger charge is -2.41. The number of piperidine rings is 1. The highest BCUT2D eigenvalue weighted by atomic mass is 32.1. The second-order valence-electron chi connectivity index (χ2n) is 5.09. The molecule has 0 spiro atoms. The third-order valence-corrected chi connectivity index (χ3v) is 4.71. The highest BCUT2D eigenvalue weighted by molar-refractivity contribution is 7.09. The normalized spacial score (nSPS) is 31.8. The Balaban J connectivity index is 1.88. The average molecular weight is 239 g/mol. The van der Waals surface area contributed by atoms with Gasteiger partial charge in [0.2, 0.25) is 0 Å². The molecular weight excluding hydrogens is 218 g/mol. The molecule has 1 fully saturated rings. The third-order valence-electron chi connectivity index (χ3n) is 3.77. The van der Waals surface area contributed by atoms with E-state index in [0.29, 0.717) is 6.04 Å². The summed E-state index contributed by atoms with van der Waals surface area (Å²) in [5.41, 5.74) is -0.435. The molecule has 0 bridgehead atoms. The molecule has 2 heterocycles. The molecule has 0 aromatic carbocycles. The summed E-state index contributed by atoms with van der Waals surface area (Å²) in [6.45, 7) is 3.22. The van der Waals surface area contributed by atoms with Crippen LogP contribution in [0.1, 0.15) is 31.1 Å². The fraction of sp³-hybridized carbons (Fsp3) is 0.692. The van der Waals surface area contributed by atoms with Crippen LogP contribution in [0.3, 0.4) is 0 Å². The van der Waals surface area contributed by atoms with Gasteiger partial charge in [-0.2, -0.15) is 0 Å². The van der Waals surface area contributed by atoms with E-state index in [1.807, 2.05) is 0 Å². The molecule has 2 nitrogen and oxygen atoms in total. The van der Waals surface area contributed by atoms with Crippen LogP contribution in [0.4, 0.5) is 0 Å². The quantitative estimate of drug-likeness (QED) is 0.876. The van der Waals surface area contributed by atoms with Crippen molar-refractivity contribution in [1.82, 2.24) is 4.90 Å². The molecule has 90 valence electrons. The number of likely N-dealkylation sites (tertiary alicyclic amines) is 1. The maximum atomic E-state index is 10.5. The van der Waals surface area contributed by atoms with Crippen LogP contribution in [0.5, 0.6) is 0 Å².